The standard InChI is InChI=1S/C20H18N6O3S/c27-20(18-7-6-17(30-18)15-4-1-2-8-21-15)25-10-11-28-14(12-25)13-29-26-19-16(23-24-26)5-3-9-22-19/h1-9,14H,10-13H2. The van der Waals surface area contributed by atoms with Crippen LogP contribution in [0.3, 0.4) is 0 Å². The number of morpholine rings is 1. The number of hydrogen-bond donors (Lipinski definition) is 0. The van der Waals surface area contributed by atoms with E-state index < -0.39 is 0 Å². The van der Waals surface area contributed by atoms with E-state index >= 15 is 0 Å². The zero-order chi connectivity index (χ0) is 20.3. The van der Waals surface area contributed by atoms with E-state index in [2.05, 4.69) is 20.3 Å². The molecule has 5 rings (SSSR count). The molecule has 9 nitrogen and oxygen atoms in total. The first-order valence-electron chi connectivity index (χ1n) is 9.50. The normalized spacial score (nSPS) is 16.7. The van der Waals surface area contributed by atoms with E-state index in [1.165, 1.54) is 16.2 Å². The van der Waals surface area contributed by atoms with Gasteiger partial charge in [-0.15, -0.1) is 16.4 Å². The Bertz CT molecular complexity index is 1160. The number of carbonyl (C=O) groups excluding carboxylic acids is 1. The van der Waals surface area contributed by atoms with Crippen molar-refractivity contribution < 1.29 is 14.4 Å². The highest BCUT2D eigenvalue weighted by atomic mass is 32.1. The number of ether oxygens (including phenoxy) is 1. The number of thiophene rings is 1. The van der Waals surface area contributed by atoms with E-state index in [1.807, 2.05) is 36.4 Å². The van der Waals surface area contributed by atoms with Gasteiger partial charge >= 0.3 is 0 Å². The summed E-state index contributed by atoms with van der Waals surface area (Å²) in [6.45, 7) is 1.67. The van der Waals surface area contributed by atoms with Gasteiger partial charge in [0.2, 0.25) is 5.65 Å². The summed E-state index contributed by atoms with van der Waals surface area (Å²) in [6.07, 6.45) is 3.14. The Kier molecular flexibility index (Phi) is 5.08. The van der Waals surface area contributed by atoms with Gasteiger partial charge in [-0.2, -0.15) is 0 Å². The summed E-state index contributed by atoms with van der Waals surface area (Å²) in [4.78, 5) is 32.0. The zero-order valence-corrected chi connectivity index (χ0v) is 16.7. The molecule has 0 spiro atoms. The molecule has 0 radical (unpaired) electrons. The average Bonchev–Trinajstić information content (AvgIpc) is 3.46. The highest BCUT2D eigenvalue weighted by molar-refractivity contribution is 7.17. The molecule has 30 heavy (non-hydrogen) atoms. The first kappa shape index (κ1) is 18.6. The van der Waals surface area contributed by atoms with E-state index in [1.54, 1.807) is 23.4 Å². The number of nitrogens with zero attached hydrogens (tertiary/aromatic N) is 6. The van der Waals surface area contributed by atoms with Crippen molar-refractivity contribution in [2.45, 2.75) is 6.10 Å². The molecule has 1 aliphatic heterocycles. The van der Waals surface area contributed by atoms with Crippen molar-refractivity contribution in [3.05, 3.63) is 59.7 Å². The molecular weight excluding hydrogens is 404 g/mol. The van der Waals surface area contributed by atoms with Crippen LogP contribution in [0.25, 0.3) is 21.7 Å². The molecule has 10 heteroatoms. The SMILES string of the molecule is O=C(c1ccc(-c2ccccn2)s1)N1CCOC(COn2nnc3cccnc32)C1. The molecule has 0 aromatic carbocycles. The molecule has 152 valence electrons. The maximum atomic E-state index is 13.0. The van der Waals surface area contributed by atoms with Crippen LogP contribution >= 0.6 is 11.3 Å². The van der Waals surface area contributed by atoms with Gasteiger partial charge in [0.1, 0.15) is 18.2 Å². The number of pyridine rings is 2. The second kappa shape index (κ2) is 8.17. The van der Waals surface area contributed by atoms with Crippen LogP contribution in [-0.4, -0.2) is 68.3 Å². The second-order valence-electron chi connectivity index (χ2n) is 6.73. The monoisotopic (exact) mass is 422 g/mol. The number of hydrogen-bond acceptors (Lipinski definition) is 8. The van der Waals surface area contributed by atoms with Gasteiger partial charge in [-0.1, -0.05) is 10.9 Å². The van der Waals surface area contributed by atoms with Crippen LogP contribution < -0.4 is 4.84 Å². The van der Waals surface area contributed by atoms with Crippen molar-refractivity contribution >= 4 is 28.4 Å². The molecule has 0 N–H and O–H groups in total. The van der Waals surface area contributed by atoms with E-state index in [0.717, 1.165) is 10.6 Å². The van der Waals surface area contributed by atoms with Crippen molar-refractivity contribution in [3.63, 3.8) is 0 Å². The van der Waals surface area contributed by atoms with E-state index in [9.17, 15) is 4.79 Å². The number of fused-ring (bicyclic) bond motifs is 1. The lowest BCUT2D eigenvalue weighted by molar-refractivity contribution is -0.0679. The predicted molar refractivity (Wildman–Crippen MR) is 110 cm³/mol. The number of aromatic nitrogens is 5. The Hall–Kier alpha value is -3.37. The van der Waals surface area contributed by atoms with Gasteiger partial charge in [-0.3, -0.25) is 9.78 Å². The number of amides is 1. The van der Waals surface area contributed by atoms with Crippen LogP contribution in [-0.2, 0) is 4.74 Å². The molecule has 0 aliphatic carbocycles. The first-order valence-corrected chi connectivity index (χ1v) is 10.3. The van der Waals surface area contributed by atoms with Crippen LogP contribution in [0.5, 0.6) is 0 Å². The zero-order valence-electron chi connectivity index (χ0n) is 15.9. The van der Waals surface area contributed by atoms with Gasteiger partial charge in [0.15, 0.2) is 0 Å². The Morgan fingerprint density at radius 1 is 1.17 bits per heavy atom. The van der Waals surface area contributed by atoms with Crippen molar-refractivity contribution in [2.75, 3.05) is 26.3 Å². The van der Waals surface area contributed by atoms with Crippen molar-refractivity contribution in [1.29, 1.82) is 0 Å². The fourth-order valence-electron chi connectivity index (χ4n) is 3.25. The molecule has 1 unspecified atom stereocenters. The maximum absolute atomic E-state index is 13.0. The topological polar surface area (TPSA) is 95.3 Å². The first-order chi connectivity index (χ1) is 14.8. The third kappa shape index (κ3) is 3.74. The van der Waals surface area contributed by atoms with Crippen LogP contribution in [0.2, 0.25) is 0 Å². The molecule has 1 fully saturated rings. The van der Waals surface area contributed by atoms with E-state index in [0.29, 0.717) is 35.7 Å². The summed E-state index contributed by atoms with van der Waals surface area (Å²) < 4.78 is 5.77. The summed E-state index contributed by atoms with van der Waals surface area (Å²) in [5.41, 5.74) is 2.06. The fourth-order valence-corrected chi connectivity index (χ4v) is 4.20. The maximum Gasteiger partial charge on any atom is 0.264 e. The predicted octanol–water partition coefficient (Wildman–Crippen LogP) is 1.92. The Labute approximate surface area is 175 Å². The fraction of sp³-hybridized carbons (Fsp3) is 0.250. The smallest absolute Gasteiger partial charge is 0.264 e. The molecule has 1 saturated heterocycles. The molecule has 4 aromatic heterocycles. The Balaban J connectivity index is 1.23. The van der Waals surface area contributed by atoms with Crippen LogP contribution in [0.1, 0.15) is 9.67 Å². The van der Waals surface area contributed by atoms with Crippen molar-refractivity contribution in [3.8, 4) is 10.6 Å². The van der Waals surface area contributed by atoms with Gasteiger partial charge in [0.25, 0.3) is 5.91 Å². The van der Waals surface area contributed by atoms with Crippen molar-refractivity contribution in [1.82, 2.24) is 30.0 Å². The minimum Gasteiger partial charge on any atom is -0.391 e. The minimum absolute atomic E-state index is 0.0108. The average molecular weight is 422 g/mol. The van der Waals surface area contributed by atoms with E-state index in [-0.39, 0.29) is 18.6 Å². The lowest BCUT2D eigenvalue weighted by Gasteiger charge is -2.32. The molecule has 0 saturated carbocycles. The van der Waals surface area contributed by atoms with Gasteiger partial charge in [0.05, 0.1) is 28.6 Å². The molecule has 1 amide bonds. The van der Waals surface area contributed by atoms with E-state index in [4.69, 9.17) is 9.57 Å². The Morgan fingerprint density at radius 3 is 3.00 bits per heavy atom. The summed E-state index contributed by atoms with van der Waals surface area (Å²) in [7, 11) is 0. The largest absolute Gasteiger partial charge is 0.391 e. The molecule has 1 atom stereocenters. The highest BCUT2D eigenvalue weighted by Crippen LogP contribution is 2.27. The molecule has 4 aromatic rings. The number of carbonyl (C=O) groups is 1. The lowest BCUT2D eigenvalue weighted by Crippen LogP contribution is -2.48. The minimum atomic E-state index is -0.263. The van der Waals surface area contributed by atoms with Crippen LogP contribution in [0, 0.1) is 0 Å². The molecule has 0 bridgehead atoms. The second-order valence-corrected chi connectivity index (χ2v) is 7.81. The summed E-state index contributed by atoms with van der Waals surface area (Å²) >= 11 is 1.45. The van der Waals surface area contributed by atoms with Crippen molar-refractivity contribution in [2.24, 2.45) is 0 Å². The molecular formula is C20H18N6O3S. The van der Waals surface area contributed by atoms with Crippen LogP contribution in [0.4, 0.5) is 0 Å². The summed E-state index contributed by atoms with van der Waals surface area (Å²) in [5, 5.41) is 7.96. The quantitative estimate of drug-likeness (QED) is 0.485. The summed E-state index contributed by atoms with van der Waals surface area (Å²) in [6, 6.07) is 13.1. The highest BCUT2D eigenvalue weighted by Gasteiger charge is 2.27. The van der Waals surface area contributed by atoms with Gasteiger partial charge in [-0.25, -0.2) is 4.98 Å². The lowest BCUT2D eigenvalue weighted by atomic mass is 10.2. The number of rotatable bonds is 5. The summed E-state index contributed by atoms with van der Waals surface area (Å²) in [5.74, 6) is -0.0108. The third-order valence-corrected chi connectivity index (χ3v) is 5.82. The third-order valence-electron chi connectivity index (χ3n) is 4.72. The van der Waals surface area contributed by atoms with Crippen LogP contribution in [0.15, 0.2) is 54.9 Å². The van der Waals surface area contributed by atoms with Gasteiger partial charge in [-0.05, 0) is 41.6 Å². The molecule has 1 aliphatic rings. The van der Waals surface area contributed by atoms with Gasteiger partial charge < -0.3 is 14.5 Å². The Morgan fingerprint density at radius 2 is 2.10 bits per heavy atom. The molecule has 5 heterocycles. The van der Waals surface area contributed by atoms with Gasteiger partial charge in [0, 0.05) is 18.9 Å².